The van der Waals surface area contributed by atoms with Gasteiger partial charge in [-0.25, -0.2) is 0 Å². The molecular formula is C13H17Cl2NO. The van der Waals surface area contributed by atoms with E-state index in [4.69, 9.17) is 27.9 Å². The van der Waals surface area contributed by atoms with Crippen LogP contribution in [-0.4, -0.2) is 19.3 Å². The molecule has 0 aliphatic carbocycles. The van der Waals surface area contributed by atoms with Gasteiger partial charge in [0.25, 0.3) is 0 Å². The second-order valence-electron chi connectivity index (χ2n) is 4.50. The highest BCUT2D eigenvalue weighted by Crippen LogP contribution is 2.32. The van der Waals surface area contributed by atoms with Gasteiger partial charge in [0.2, 0.25) is 0 Å². The Morgan fingerprint density at radius 3 is 2.59 bits per heavy atom. The molecule has 1 aromatic carbocycles. The van der Waals surface area contributed by atoms with Crippen molar-refractivity contribution < 1.29 is 4.74 Å². The summed E-state index contributed by atoms with van der Waals surface area (Å²) in [6.45, 7) is 2.11. The summed E-state index contributed by atoms with van der Waals surface area (Å²) in [6.07, 6.45) is 2.75. The highest BCUT2D eigenvalue weighted by Gasteiger charge is 2.29. The van der Waals surface area contributed by atoms with Gasteiger partial charge in [-0.05, 0) is 44.5 Å². The van der Waals surface area contributed by atoms with Crippen LogP contribution in [0.1, 0.15) is 31.4 Å². The van der Waals surface area contributed by atoms with E-state index >= 15 is 0 Å². The van der Waals surface area contributed by atoms with Crippen LogP contribution in [-0.2, 0) is 4.74 Å². The van der Waals surface area contributed by atoms with Gasteiger partial charge < -0.3 is 10.1 Å². The fourth-order valence-corrected chi connectivity index (χ4v) is 2.66. The summed E-state index contributed by atoms with van der Waals surface area (Å²) >= 11 is 12.0. The Hall–Kier alpha value is -0.280. The topological polar surface area (TPSA) is 21.3 Å². The molecule has 1 aliphatic heterocycles. The Morgan fingerprint density at radius 2 is 2.06 bits per heavy atom. The quantitative estimate of drug-likeness (QED) is 0.904. The van der Waals surface area contributed by atoms with E-state index in [0.29, 0.717) is 16.1 Å². The van der Waals surface area contributed by atoms with Gasteiger partial charge >= 0.3 is 0 Å². The predicted octanol–water partition coefficient (Wildman–Crippen LogP) is 3.82. The molecule has 0 amide bonds. The first-order chi connectivity index (χ1) is 8.11. The lowest BCUT2D eigenvalue weighted by Gasteiger charge is -2.24. The van der Waals surface area contributed by atoms with Crippen LogP contribution in [0.25, 0.3) is 0 Å². The molecule has 1 fully saturated rings. The lowest BCUT2D eigenvalue weighted by atomic mass is 9.99. The molecule has 0 radical (unpaired) electrons. The smallest absolute Gasteiger partial charge is 0.0774 e. The molecular weight excluding hydrogens is 257 g/mol. The van der Waals surface area contributed by atoms with Gasteiger partial charge in [-0.15, -0.1) is 0 Å². The Balaban J connectivity index is 2.20. The molecule has 0 saturated carbocycles. The van der Waals surface area contributed by atoms with Crippen molar-refractivity contribution in [2.24, 2.45) is 0 Å². The maximum atomic E-state index is 6.05. The van der Waals surface area contributed by atoms with Crippen molar-refractivity contribution in [2.75, 3.05) is 7.05 Å². The van der Waals surface area contributed by atoms with Gasteiger partial charge in [0.15, 0.2) is 0 Å². The second-order valence-corrected chi connectivity index (χ2v) is 5.32. The van der Waals surface area contributed by atoms with E-state index in [1.165, 1.54) is 0 Å². The van der Waals surface area contributed by atoms with E-state index in [1.807, 2.05) is 25.2 Å². The molecule has 17 heavy (non-hydrogen) atoms. The Bertz CT molecular complexity index is 397. The first-order valence-electron chi connectivity index (χ1n) is 5.89. The SMILES string of the molecule is CNC(c1ccc(Cl)c(Cl)c1)C1CCC(C)O1. The minimum atomic E-state index is 0.176. The van der Waals surface area contributed by atoms with E-state index < -0.39 is 0 Å². The zero-order valence-corrected chi connectivity index (χ0v) is 11.6. The van der Waals surface area contributed by atoms with Crippen molar-refractivity contribution in [2.45, 2.75) is 38.0 Å². The summed E-state index contributed by atoms with van der Waals surface area (Å²) in [7, 11) is 1.94. The fraction of sp³-hybridized carbons (Fsp3) is 0.538. The van der Waals surface area contributed by atoms with Crippen LogP contribution < -0.4 is 5.32 Å². The molecule has 1 N–H and O–H groups in total. The van der Waals surface area contributed by atoms with Crippen LogP contribution >= 0.6 is 23.2 Å². The molecule has 3 atom stereocenters. The Kier molecular flexibility index (Phi) is 4.31. The second kappa shape index (κ2) is 5.57. The molecule has 1 saturated heterocycles. The molecule has 1 aliphatic rings. The molecule has 0 aromatic heterocycles. The number of hydrogen-bond donors (Lipinski definition) is 1. The summed E-state index contributed by atoms with van der Waals surface area (Å²) < 4.78 is 5.90. The summed E-state index contributed by atoms with van der Waals surface area (Å²) in [5.74, 6) is 0. The Labute approximate surface area is 112 Å². The number of likely N-dealkylation sites (N-methyl/N-ethyl adjacent to an activating group) is 1. The largest absolute Gasteiger partial charge is 0.373 e. The van der Waals surface area contributed by atoms with Gasteiger partial charge in [-0.3, -0.25) is 0 Å². The van der Waals surface area contributed by atoms with Crippen LogP contribution in [0, 0.1) is 0 Å². The van der Waals surface area contributed by atoms with Gasteiger partial charge in [0.1, 0.15) is 0 Å². The maximum absolute atomic E-state index is 6.05. The molecule has 3 unspecified atom stereocenters. The van der Waals surface area contributed by atoms with E-state index in [1.54, 1.807) is 0 Å². The number of ether oxygens (including phenoxy) is 1. The van der Waals surface area contributed by atoms with Crippen LogP contribution in [0.5, 0.6) is 0 Å². The van der Waals surface area contributed by atoms with Crippen molar-refractivity contribution in [3.05, 3.63) is 33.8 Å². The van der Waals surface area contributed by atoms with Gasteiger partial charge in [0, 0.05) is 0 Å². The van der Waals surface area contributed by atoms with Crippen molar-refractivity contribution >= 4 is 23.2 Å². The van der Waals surface area contributed by atoms with Gasteiger partial charge in [-0.1, -0.05) is 29.3 Å². The predicted molar refractivity (Wildman–Crippen MR) is 71.8 cm³/mol. The third-order valence-electron chi connectivity index (χ3n) is 3.25. The zero-order chi connectivity index (χ0) is 12.4. The van der Waals surface area contributed by atoms with E-state index in [0.717, 1.165) is 18.4 Å². The molecule has 1 heterocycles. The summed E-state index contributed by atoms with van der Waals surface area (Å²) in [5, 5.41) is 4.48. The maximum Gasteiger partial charge on any atom is 0.0774 e. The number of hydrogen-bond acceptors (Lipinski definition) is 2. The van der Waals surface area contributed by atoms with Crippen molar-refractivity contribution in [1.29, 1.82) is 0 Å². The molecule has 0 bridgehead atoms. The first kappa shape index (κ1) is 13.2. The van der Waals surface area contributed by atoms with Crippen LogP contribution in [0.15, 0.2) is 18.2 Å². The highest BCUT2D eigenvalue weighted by molar-refractivity contribution is 6.42. The highest BCUT2D eigenvalue weighted by atomic mass is 35.5. The summed E-state index contributed by atoms with van der Waals surface area (Å²) in [6, 6.07) is 5.93. The van der Waals surface area contributed by atoms with Crippen LogP contribution in [0.3, 0.4) is 0 Å². The van der Waals surface area contributed by atoms with E-state index in [2.05, 4.69) is 12.2 Å². The minimum absolute atomic E-state index is 0.176. The fourth-order valence-electron chi connectivity index (χ4n) is 2.35. The minimum Gasteiger partial charge on any atom is -0.373 e. The summed E-state index contributed by atoms with van der Waals surface area (Å²) in [5.41, 5.74) is 1.13. The van der Waals surface area contributed by atoms with E-state index in [-0.39, 0.29) is 12.1 Å². The molecule has 4 heteroatoms. The number of nitrogens with one attached hydrogen (secondary N) is 1. The Morgan fingerprint density at radius 1 is 1.29 bits per heavy atom. The standard InChI is InChI=1S/C13H17Cl2NO/c1-8-3-6-12(17-8)13(16-2)9-4-5-10(14)11(15)7-9/h4-5,7-8,12-13,16H,3,6H2,1-2H3. The van der Waals surface area contributed by atoms with Crippen molar-refractivity contribution in [1.82, 2.24) is 5.32 Å². The van der Waals surface area contributed by atoms with Crippen molar-refractivity contribution in [3.8, 4) is 0 Å². The zero-order valence-electron chi connectivity index (χ0n) is 10.0. The monoisotopic (exact) mass is 273 g/mol. The summed E-state index contributed by atoms with van der Waals surface area (Å²) in [4.78, 5) is 0. The van der Waals surface area contributed by atoms with E-state index in [9.17, 15) is 0 Å². The van der Waals surface area contributed by atoms with Gasteiger partial charge in [0.05, 0.1) is 28.3 Å². The number of rotatable bonds is 3. The lowest BCUT2D eigenvalue weighted by Crippen LogP contribution is -2.29. The number of halogens is 2. The lowest BCUT2D eigenvalue weighted by molar-refractivity contribution is 0.0333. The van der Waals surface area contributed by atoms with Crippen LogP contribution in [0.4, 0.5) is 0 Å². The average Bonchev–Trinajstić information content (AvgIpc) is 2.71. The van der Waals surface area contributed by atoms with Crippen LogP contribution in [0.2, 0.25) is 10.0 Å². The average molecular weight is 274 g/mol. The van der Waals surface area contributed by atoms with Crippen molar-refractivity contribution in [3.63, 3.8) is 0 Å². The molecule has 2 nitrogen and oxygen atoms in total. The molecule has 0 spiro atoms. The molecule has 1 aromatic rings. The third kappa shape index (κ3) is 2.94. The first-order valence-corrected chi connectivity index (χ1v) is 6.65. The third-order valence-corrected chi connectivity index (χ3v) is 3.99. The molecule has 94 valence electrons. The number of benzene rings is 1. The molecule has 2 rings (SSSR count). The van der Waals surface area contributed by atoms with Gasteiger partial charge in [-0.2, -0.15) is 0 Å². The normalized spacial score (nSPS) is 26.1.